The van der Waals surface area contributed by atoms with E-state index in [0.29, 0.717) is 16.9 Å². The Morgan fingerprint density at radius 3 is 2.53 bits per heavy atom. The minimum Gasteiger partial charge on any atom is -0.355 e. The maximum atomic E-state index is 12.6. The number of hydrogen-bond acceptors (Lipinski definition) is 4. The summed E-state index contributed by atoms with van der Waals surface area (Å²) in [5.41, 5.74) is 1.73. The first-order valence-corrected chi connectivity index (χ1v) is 10.4. The van der Waals surface area contributed by atoms with Gasteiger partial charge in [0.15, 0.2) is 5.82 Å². The molecule has 8 nitrogen and oxygen atoms in total. The summed E-state index contributed by atoms with van der Waals surface area (Å²) in [7, 11) is 0. The van der Waals surface area contributed by atoms with Gasteiger partial charge >= 0.3 is 6.18 Å². The van der Waals surface area contributed by atoms with Gasteiger partial charge in [-0.25, -0.2) is 4.68 Å². The third-order valence-electron chi connectivity index (χ3n) is 5.18. The quantitative estimate of drug-likeness (QED) is 0.514. The molecule has 3 aromatic rings. The van der Waals surface area contributed by atoms with Crippen molar-refractivity contribution < 1.29 is 27.6 Å². The van der Waals surface area contributed by atoms with Gasteiger partial charge in [-0.2, -0.15) is 13.2 Å². The number of amides is 3. The van der Waals surface area contributed by atoms with Gasteiger partial charge in [-0.1, -0.05) is 30.3 Å². The molecule has 11 heteroatoms. The van der Waals surface area contributed by atoms with Crippen molar-refractivity contribution in [1.29, 1.82) is 0 Å². The molecule has 1 aliphatic rings. The number of carbonyl (C=O) groups is 3. The summed E-state index contributed by atoms with van der Waals surface area (Å²) in [6.07, 6.45) is -4.43. The summed E-state index contributed by atoms with van der Waals surface area (Å²) in [6, 6.07) is 16.7. The number of aromatic nitrogens is 2. The first kappa shape index (κ1) is 23.0. The average molecular weight is 471 g/mol. The molecular formula is C23H20F3N5O3. The molecule has 1 aliphatic heterocycles. The van der Waals surface area contributed by atoms with Crippen molar-refractivity contribution in [3.05, 3.63) is 66.2 Å². The predicted octanol–water partition coefficient (Wildman–Crippen LogP) is 2.91. The van der Waals surface area contributed by atoms with Crippen molar-refractivity contribution in [3.8, 4) is 16.9 Å². The second-order valence-corrected chi connectivity index (χ2v) is 7.74. The molecule has 0 bridgehead atoms. The van der Waals surface area contributed by atoms with Crippen LogP contribution in [-0.2, 0) is 9.59 Å². The van der Waals surface area contributed by atoms with Gasteiger partial charge in [0.1, 0.15) is 6.54 Å². The molecule has 2 heterocycles. The molecule has 1 saturated heterocycles. The van der Waals surface area contributed by atoms with Gasteiger partial charge in [-0.3, -0.25) is 14.4 Å². The first-order valence-electron chi connectivity index (χ1n) is 10.4. The average Bonchev–Trinajstić information content (AvgIpc) is 3.44. The normalized spacial score (nSPS) is 15.6. The van der Waals surface area contributed by atoms with Gasteiger partial charge in [-0.15, -0.1) is 5.10 Å². The monoisotopic (exact) mass is 471 g/mol. The Kier molecular flexibility index (Phi) is 6.35. The fourth-order valence-corrected chi connectivity index (χ4v) is 3.54. The Hall–Kier alpha value is -4.15. The second kappa shape index (κ2) is 9.38. The number of hydrogen-bond donors (Lipinski definition) is 3. The fourth-order valence-electron chi connectivity index (χ4n) is 3.54. The molecule has 0 radical (unpaired) electrons. The molecule has 4 rings (SSSR count). The number of carbonyl (C=O) groups excluding carboxylic acids is 3. The third kappa shape index (κ3) is 5.42. The SMILES string of the molecule is O=C1C[C@H](C(=O)Nc2cc(-c3cccc(C(=O)NCC(F)(F)F)c3)n(-c3ccccc3)n2)CN1. The highest BCUT2D eigenvalue weighted by Crippen LogP contribution is 2.27. The first-order chi connectivity index (χ1) is 16.2. The largest absolute Gasteiger partial charge is 0.405 e. The van der Waals surface area contributed by atoms with Crippen molar-refractivity contribution in [1.82, 2.24) is 20.4 Å². The lowest BCUT2D eigenvalue weighted by atomic mass is 10.1. The van der Waals surface area contributed by atoms with Gasteiger partial charge in [0.25, 0.3) is 5.91 Å². The van der Waals surface area contributed by atoms with Crippen molar-refractivity contribution in [2.45, 2.75) is 12.6 Å². The molecule has 1 fully saturated rings. The van der Waals surface area contributed by atoms with Crippen molar-refractivity contribution >= 4 is 23.5 Å². The van der Waals surface area contributed by atoms with Crippen LogP contribution in [0.2, 0.25) is 0 Å². The van der Waals surface area contributed by atoms with E-state index in [4.69, 9.17) is 0 Å². The maximum Gasteiger partial charge on any atom is 0.405 e. The summed E-state index contributed by atoms with van der Waals surface area (Å²) in [5, 5.41) is 11.6. The Labute approximate surface area is 192 Å². The highest BCUT2D eigenvalue weighted by molar-refractivity contribution is 5.97. The molecule has 34 heavy (non-hydrogen) atoms. The third-order valence-corrected chi connectivity index (χ3v) is 5.18. The van der Waals surface area contributed by atoms with Crippen LogP contribution in [0.25, 0.3) is 16.9 Å². The number of alkyl halides is 3. The maximum absolute atomic E-state index is 12.6. The minimum atomic E-state index is -4.52. The number of rotatable bonds is 6. The van der Waals surface area contributed by atoms with Crippen LogP contribution in [0.5, 0.6) is 0 Å². The van der Waals surface area contributed by atoms with E-state index < -0.39 is 24.5 Å². The van der Waals surface area contributed by atoms with Gasteiger partial charge in [-0.05, 0) is 24.3 Å². The van der Waals surface area contributed by atoms with E-state index in [-0.39, 0.29) is 36.2 Å². The summed E-state index contributed by atoms with van der Waals surface area (Å²) < 4.78 is 39.0. The van der Waals surface area contributed by atoms with E-state index >= 15 is 0 Å². The summed E-state index contributed by atoms with van der Waals surface area (Å²) in [5.74, 6) is -1.70. The van der Waals surface area contributed by atoms with Crippen molar-refractivity contribution in [2.24, 2.45) is 5.92 Å². The highest BCUT2D eigenvalue weighted by Gasteiger charge is 2.29. The predicted molar refractivity (Wildman–Crippen MR) is 117 cm³/mol. The zero-order chi connectivity index (χ0) is 24.3. The molecule has 0 spiro atoms. The van der Waals surface area contributed by atoms with Gasteiger partial charge in [0.05, 0.1) is 17.3 Å². The number of halogens is 3. The number of nitrogens with zero attached hydrogens (tertiary/aromatic N) is 2. The topological polar surface area (TPSA) is 105 Å². The van der Waals surface area contributed by atoms with Crippen LogP contribution in [0.4, 0.5) is 19.0 Å². The minimum absolute atomic E-state index is 0.0451. The molecule has 176 valence electrons. The molecular weight excluding hydrogens is 451 g/mol. The van der Waals surface area contributed by atoms with Crippen molar-refractivity contribution in [3.63, 3.8) is 0 Å². The van der Waals surface area contributed by atoms with Crippen LogP contribution in [0.1, 0.15) is 16.8 Å². The van der Waals surface area contributed by atoms with Crippen LogP contribution in [0.15, 0.2) is 60.7 Å². The Morgan fingerprint density at radius 2 is 1.85 bits per heavy atom. The van der Waals surface area contributed by atoms with E-state index in [9.17, 15) is 27.6 Å². The van der Waals surface area contributed by atoms with Gasteiger partial charge in [0.2, 0.25) is 11.8 Å². The molecule has 0 saturated carbocycles. The Balaban J connectivity index is 1.64. The van der Waals surface area contributed by atoms with E-state index in [1.807, 2.05) is 11.4 Å². The molecule has 2 aromatic carbocycles. The highest BCUT2D eigenvalue weighted by atomic mass is 19.4. The molecule has 0 unspecified atom stereocenters. The van der Waals surface area contributed by atoms with Crippen LogP contribution in [0.3, 0.4) is 0 Å². The Bertz CT molecular complexity index is 1220. The van der Waals surface area contributed by atoms with E-state index in [0.717, 1.165) is 0 Å². The van der Waals surface area contributed by atoms with Crippen LogP contribution in [-0.4, -0.2) is 46.8 Å². The van der Waals surface area contributed by atoms with Crippen LogP contribution in [0, 0.1) is 5.92 Å². The molecule has 1 aromatic heterocycles. The van der Waals surface area contributed by atoms with Gasteiger partial charge in [0, 0.05) is 30.2 Å². The van der Waals surface area contributed by atoms with Gasteiger partial charge < -0.3 is 16.0 Å². The van der Waals surface area contributed by atoms with Crippen LogP contribution < -0.4 is 16.0 Å². The van der Waals surface area contributed by atoms with Crippen molar-refractivity contribution in [2.75, 3.05) is 18.4 Å². The summed E-state index contributed by atoms with van der Waals surface area (Å²) in [6.45, 7) is -1.20. The smallest absolute Gasteiger partial charge is 0.355 e. The number of para-hydroxylation sites is 1. The van der Waals surface area contributed by atoms with E-state index in [1.54, 1.807) is 47.1 Å². The second-order valence-electron chi connectivity index (χ2n) is 7.74. The molecule has 3 N–H and O–H groups in total. The standard InChI is InChI=1S/C23H20F3N5O3/c24-23(25,26)13-28-21(33)15-6-4-5-14(9-15)18-11-19(29-22(34)16-10-20(32)27-12-16)30-31(18)17-7-2-1-3-8-17/h1-9,11,16H,10,12-13H2,(H,27,32)(H,28,33)(H,29,30,34)/t16-/m0/s1. The summed E-state index contributed by atoms with van der Waals surface area (Å²) >= 11 is 0. The number of nitrogens with one attached hydrogen (secondary N) is 3. The number of benzene rings is 2. The lowest BCUT2D eigenvalue weighted by Crippen LogP contribution is -2.33. The Morgan fingerprint density at radius 1 is 1.09 bits per heavy atom. The molecule has 1 atom stereocenters. The van der Waals surface area contributed by atoms with E-state index in [1.165, 1.54) is 12.1 Å². The lowest BCUT2D eigenvalue weighted by Gasteiger charge is -2.10. The zero-order valence-corrected chi connectivity index (χ0v) is 17.7. The zero-order valence-electron chi connectivity index (χ0n) is 17.7. The molecule has 3 amide bonds. The summed E-state index contributed by atoms with van der Waals surface area (Å²) in [4.78, 5) is 36.2. The van der Waals surface area contributed by atoms with Crippen LogP contribution >= 0.6 is 0 Å². The van der Waals surface area contributed by atoms with E-state index in [2.05, 4.69) is 15.7 Å². The number of anilines is 1. The lowest BCUT2D eigenvalue weighted by molar-refractivity contribution is -0.123. The molecule has 0 aliphatic carbocycles. The fraction of sp³-hybridized carbons (Fsp3) is 0.217.